The number of carbonyl (C=O) groups is 1. The summed E-state index contributed by atoms with van der Waals surface area (Å²) >= 11 is 0. The van der Waals surface area contributed by atoms with E-state index in [4.69, 9.17) is 0 Å². The summed E-state index contributed by atoms with van der Waals surface area (Å²) in [7, 11) is 0. The van der Waals surface area contributed by atoms with E-state index in [1.165, 1.54) is 12.8 Å². The Morgan fingerprint density at radius 3 is 2.89 bits per heavy atom. The van der Waals surface area contributed by atoms with Crippen molar-refractivity contribution >= 4 is 5.78 Å². The Labute approximate surface area is 116 Å². The van der Waals surface area contributed by atoms with E-state index in [0.29, 0.717) is 24.2 Å². The smallest absolute Gasteiger partial charge is 0.141 e. The highest BCUT2D eigenvalue weighted by Gasteiger charge is 2.28. The van der Waals surface area contributed by atoms with E-state index in [-0.39, 0.29) is 0 Å². The normalized spacial score (nSPS) is 24.6. The van der Waals surface area contributed by atoms with E-state index in [1.54, 1.807) is 0 Å². The van der Waals surface area contributed by atoms with Crippen LogP contribution in [0.1, 0.15) is 64.6 Å². The summed E-state index contributed by atoms with van der Waals surface area (Å²) in [6.07, 6.45) is 8.21. The first-order chi connectivity index (χ1) is 9.13. The van der Waals surface area contributed by atoms with Crippen LogP contribution in [0, 0.1) is 11.8 Å². The van der Waals surface area contributed by atoms with Crippen molar-refractivity contribution in [3.63, 3.8) is 0 Å². The van der Waals surface area contributed by atoms with Gasteiger partial charge in [0.15, 0.2) is 0 Å². The molecule has 0 radical (unpaired) electrons. The molecular formula is C16H26N2O. The lowest BCUT2D eigenvalue weighted by Crippen LogP contribution is -2.15. The molecule has 1 heterocycles. The second-order valence-corrected chi connectivity index (χ2v) is 5.97. The van der Waals surface area contributed by atoms with Crippen LogP contribution in [0.25, 0.3) is 0 Å². The Morgan fingerprint density at radius 1 is 1.47 bits per heavy atom. The maximum absolute atomic E-state index is 12.3. The summed E-state index contributed by atoms with van der Waals surface area (Å²) in [6, 6.07) is 2.41. The highest BCUT2D eigenvalue weighted by Crippen LogP contribution is 2.33. The van der Waals surface area contributed by atoms with Gasteiger partial charge in [-0.2, -0.15) is 5.10 Å². The van der Waals surface area contributed by atoms with Gasteiger partial charge in [-0.25, -0.2) is 0 Å². The standard InChI is InChI=1S/C16H26N2O/c1-4-12(3)18-9-8-15(17-18)11-16(19)14-7-6-13(5-2)10-14/h8-9,12-14H,4-7,10-11H2,1-3H3. The van der Waals surface area contributed by atoms with Crippen LogP contribution in [0.5, 0.6) is 0 Å². The van der Waals surface area contributed by atoms with Gasteiger partial charge in [-0.3, -0.25) is 9.48 Å². The van der Waals surface area contributed by atoms with Crippen LogP contribution in [-0.4, -0.2) is 15.6 Å². The molecule has 1 fully saturated rings. The van der Waals surface area contributed by atoms with Crippen molar-refractivity contribution in [3.05, 3.63) is 18.0 Å². The molecule has 3 heteroatoms. The van der Waals surface area contributed by atoms with Crippen LogP contribution >= 0.6 is 0 Å². The van der Waals surface area contributed by atoms with Gasteiger partial charge >= 0.3 is 0 Å². The number of aromatic nitrogens is 2. The molecule has 106 valence electrons. The molecule has 3 atom stereocenters. The molecule has 1 saturated carbocycles. The van der Waals surface area contributed by atoms with Crippen molar-refractivity contribution in [1.82, 2.24) is 9.78 Å². The Morgan fingerprint density at radius 2 is 2.26 bits per heavy atom. The quantitative estimate of drug-likeness (QED) is 0.781. The van der Waals surface area contributed by atoms with Gasteiger partial charge in [-0.15, -0.1) is 0 Å². The molecule has 3 nitrogen and oxygen atoms in total. The Hall–Kier alpha value is -1.12. The molecular weight excluding hydrogens is 236 g/mol. The Kier molecular flexibility index (Phi) is 4.78. The fraction of sp³-hybridized carbons (Fsp3) is 0.750. The second kappa shape index (κ2) is 6.36. The third kappa shape index (κ3) is 3.46. The first-order valence-corrected chi connectivity index (χ1v) is 7.70. The Bertz CT molecular complexity index is 424. The van der Waals surface area contributed by atoms with Crippen molar-refractivity contribution in [1.29, 1.82) is 0 Å². The fourth-order valence-electron chi connectivity index (χ4n) is 2.97. The number of Topliss-reactive ketones (excluding diaryl/α,β-unsaturated/α-hetero) is 1. The lowest BCUT2D eigenvalue weighted by molar-refractivity contribution is -0.122. The summed E-state index contributed by atoms with van der Waals surface area (Å²) in [5, 5.41) is 4.53. The third-order valence-corrected chi connectivity index (χ3v) is 4.64. The minimum absolute atomic E-state index is 0.290. The molecule has 1 aromatic rings. The molecule has 19 heavy (non-hydrogen) atoms. The van der Waals surface area contributed by atoms with E-state index in [0.717, 1.165) is 30.9 Å². The highest BCUT2D eigenvalue weighted by molar-refractivity contribution is 5.83. The zero-order chi connectivity index (χ0) is 13.8. The molecule has 0 aromatic carbocycles. The minimum atomic E-state index is 0.290. The molecule has 0 spiro atoms. The molecule has 1 aliphatic carbocycles. The van der Waals surface area contributed by atoms with Gasteiger partial charge < -0.3 is 0 Å². The van der Waals surface area contributed by atoms with Gasteiger partial charge in [0, 0.05) is 18.2 Å². The number of carbonyl (C=O) groups excluding carboxylic acids is 1. The van der Waals surface area contributed by atoms with Gasteiger partial charge in [0.05, 0.1) is 12.1 Å². The first kappa shape index (κ1) is 14.3. The zero-order valence-corrected chi connectivity index (χ0v) is 12.4. The van der Waals surface area contributed by atoms with Crippen molar-refractivity contribution in [2.75, 3.05) is 0 Å². The van der Waals surface area contributed by atoms with Crippen molar-refractivity contribution in [2.45, 2.75) is 65.3 Å². The van der Waals surface area contributed by atoms with Crippen LogP contribution in [0.4, 0.5) is 0 Å². The van der Waals surface area contributed by atoms with Crippen LogP contribution in [0.15, 0.2) is 12.3 Å². The summed E-state index contributed by atoms with van der Waals surface area (Å²) < 4.78 is 1.98. The third-order valence-electron chi connectivity index (χ3n) is 4.64. The van der Waals surface area contributed by atoms with Gasteiger partial charge in [-0.05, 0) is 44.6 Å². The average molecular weight is 262 g/mol. The fourth-order valence-corrected chi connectivity index (χ4v) is 2.97. The maximum atomic E-state index is 12.3. The zero-order valence-electron chi connectivity index (χ0n) is 12.4. The number of hydrogen-bond donors (Lipinski definition) is 0. The van der Waals surface area contributed by atoms with Crippen LogP contribution < -0.4 is 0 Å². The lowest BCUT2D eigenvalue weighted by Gasteiger charge is -2.09. The molecule has 1 aromatic heterocycles. The summed E-state index contributed by atoms with van der Waals surface area (Å²) in [5.41, 5.74) is 0.935. The van der Waals surface area contributed by atoms with Gasteiger partial charge in [-0.1, -0.05) is 20.3 Å². The largest absolute Gasteiger partial charge is 0.299 e. The van der Waals surface area contributed by atoms with E-state index < -0.39 is 0 Å². The van der Waals surface area contributed by atoms with E-state index in [9.17, 15) is 4.79 Å². The monoisotopic (exact) mass is 262 g/mol. The van der Waals surface area contributed by atoms with E-state index >= 15 is 0 Å². The number of hydrogen-bond acceptors (Lipinski definition) is 2. The van der Waals surface area contributed by atoms with E-state index in [1.807, 2.05) is 16.9 Å². The molecule has 2 rings (SSSR count). The van der Waals surface area contributed by atoms with Crippen LogP contribution in [0.3, 0.4) is 0 Å². The minimum Gasteiger partial charge on any atom is -0.299 e. The lowest BCUT2D eigenvalue weighted by atomic mass is 9.96. The summed E-state index contributed by atoms with van der Waals surface area (Å²) in [5.74, 6) is 1.45. The average Bonchev–Trinajstić information content (AvgIpc) is 3.06. The topological polar surface area (TPSA) is 34.9 Å². The predicted molar refractivity (Wildman–Crippen MR) is 77.1 cm³/mol. The summed E-state index contributed by atoms with van der Waals surface area (Å²) in [4.78, 5) is 12.3. The molecule has 0 aliphatic heterocycles. The highest BCUT2D eigenvalue weighted by atomic mass is 16.1. The molecule has 3 unspecified atom stereocenters. The van der Waals surface area contributed by atoms with Crippen LogP contribution in [0.2, 0.25) is 0 Å². The Balaban J connectivity index is 1.90. The van der Waals surface area contributed by atoms with Crippen molar-refractivity contribution < 1.29 is 4.79 Å². The van der Waals surface area contributed by atoms with Crippen molar-refractivity contribution in [3.8, 4) is 0 Å². The molecule has 0 N–H and O–H groups in total. The number of rotatable bonds is 6. The maximum Gasteiger partial charge on any atom is 0.141 e. The predicted octanol–water partition coefficient (Wildman–Crippen LogP) is 3.79. The second-order valence-electron chi connectivity index (χ2n) is 5.97. The molecule has 1 aliphatic rings. The number of nitrogens with zero attached hydrogens (tertiary/aromatic N) is 2. The van der Waals surface area contributed by atoms with Crippen LogP contribution in [-0.2, 0) is 11.2 Å². The SMILES string of the molecule is CCC1CCC(C(=O)Cc2ccn(C(C)CC)n2)C1. The number of ketones is 1. The molecule has 0 amide bonds. The van der Waals surface area contributed by atoms with E-state index in [2.05, 4.69) is 25.9 Å². The van der Waals surface area contributed by atoms with Gasteiger partial charge in [0.25, 0.3) is 0 Å². The molecule has 0 bridgehead atoms. The van der Waals surface area contributed by atoms with Gasteiger partial charge in [0.1, 0.15) is 5.78 Å². The molecule has 0 saturated heterocycles. The van der Waals surface area contributed by atoms with Crippen molar-refractivity contribution in [2.24, 2.45) is 11.8 Å². The summed E-state index contributed by atoms with van der Waals surface area (Å²) in [6.45, 7) is 6.54. The first-order valence-electron chi connectivity index (χ1n) is 7.70. The van der Waals surface area contributed by atoms with Gasteiger partial charge in [0.2, 0.25) is 0 Å².